The van der Waals surface area contributed by atoms with Crippen LogP contribution < -0.4 is 10.5 Å². The SMILES string of the molecule is NC1CC(Oc2ncnc3c2CCCCC3)C1. The highest BCUT2D eigenvalue weighted by Gasteiger charge is 2.29. The van der Waals surface area contributed by atoms with Crippen molar-refractivity contribution < 1.29 is 4.74 Å². The fourth-order valence-electron chi connectivity index (χ4n) is 2.63. The van der Waals surface area contributed by atoms with Gasteiger partial charge < -0.3 is 10.5 Å². The third-order valence-electron chi connectivity index (χ3n) is 3.75. The van der Waals surface area contributed by atoms with E-state index in [-0.39, 0.29) is 6.10 Å². The van der Waals surface area contributed by atoms with Crippen LogP contribution in [0.3, 0.4) is 0 Å². The fraction of sp³-hybridized carbons (Fsp3) is 0.692. The van der Waals surface area contributed by atoms with Gasteiger partial charge >= 0.3 is 0 Å². The molecule has 2 N–H and O–H groups in total. The van der Waals surface area contributed by atoms with Crippen molar-refractivity contribution in [3.05, 3.63) is 17.6 Å². The third kappa shape index (κ3) is 2.27. The number of ether oxygens (including phenoxy) is 1. The Labute approximate surface area is 102 Å². The molecule has 1 heterocycles. The Morgan fingerprint density at radius 1 is 1.12 bits per heavy atom. The first-order valence-electron chi connectivity index (χ1n) is 6.58. The van der Waals surface area contributed by atoms with Gasteiger partial charge in [0.25, 0.3) is 0 Å². The van der Waals surface area contributed by atoms with Crippen LogP contribution in [-0.2, 0) is 12.8 Å². The summed E-state index contributed by atoms with van der Waals surface area (Å²) >= 11 is 0. The van der Waals surface area contributed by atoms with Gasteiger partial charge in [-0.25, -0.2) is 9.97 Å². The summed E-state index contributed by atoms with van der Waals surface area (Å²) in [6.07, 6.45) is 9.69. The molecule has 2 aliphatic rings. The van der Waals surface area contributed by atoms with Gasteiger partial charge in [0.15, 0.2) is 0 Å². The van der Waals surface area contributed by atoms with Gasteiger partial charge in [-0.3, -0.25) is 0 Å². The quantitative estimate of drug-likeness (QED) is 0.788. The van der Waals surface area contributed by atoms with Crippen LogP contribution in [0.5, 0.6) is 5.88 Å². The molecule has 0 saturated heterocycles. The first kappa shape index (κ1) is 11.0. The van der Waals surface area contributed by atoms with Crippen LogP contribution in [0, 0.1) is 0 Å². The van der Waals surface area contributed by atoms with Crippen LogP contribution in [0.15, 0.2) is 6.33 Å². The first-order valence-corrected chi connectivity index (χ1v) is 6.58. The minimum atomic E-state index is 0.271. The van der Waals surface area contributed by atoms with Gasteiger partial charge in [0.1, 0.15) is 12.4 Å². The Morgan fingerprint density at radius 3 is 2.76 bits per heavy atom. The third-order valence-corrected chi connectivity index (χ3v) is 3.75. The van der Waals surface area contributed by atoms with Crippen molar-refractivity contribution in [1.82, 2.24) is 9.97 Å². The van der Waals surface area contributed by atoms with Gasteiger partial charge in [0.2, 0.25) is 5.88 Å². The summed E-state index contributed by atoms with van der Waals surface area (Å²) in [6, 6.07) is 0.320. The van der Waals surface area contributed by atoms with Crippen LogP contribution in [0.4, 0.5) is 0 Å². The molecule has 4 nitrogen and oxygen atoms in total. The predicted molar refractivity (Wildman–Crippen MR) is 64.9 cm³/mol. The maximum atomic E-state index is 5.94. The van der Waals surface area contributed by atoms with Gasteiger partial charge in [0, 0.05) is 11.6 Å². The molecule has 0 unspecified atom stereocenters. The number of nitrogens with two attached hydrogens (primary N) is 1. The summed E-state index contributed by atoms with van der Waals surface area (Å²) < 4.78 is 5.94. The average molecular weight is 233 g/mol. The monoisotopic (exact) mass is 233 g/mol. The van der Waals surface area contributed by atoms with Crippen molar-refractivity contribution in [3.63, 3.8) is 0 Å². The molecule has 2 aliphatic carbocycles. The van der Waals surface area contributed by atoms with Crippen molar-refractivity contribution in [2.45, 2.75) is 57.1 Å². The summed E-state index contributed by atoms with van der Waals surface area (Å²) in [5.41, 5.74) is 8.20. The van der Waals surface area contributed by atoms with Gasteiger partial charge in [-0.15, -0.1) is 0 Å². The molecule has 1 aromatic rings. The highest BCUT2D eigenvalue weighted by atomic mass is 16.5. The van der Waals surface area contributed by atoms with Crippen LogP contribution >= 0.6 is 0 Å². The second-order valence-electron chi connectivity index (χ2n) is 5.14. The number of aromatic nitrogens is 2. The maximum Gasteiger partial charge on any atom is 0.220 e. The molecule has 1 aromatic heterocycles. The molecule has 4 heteroatoms. The average Bonchev–Trinajstić information content (AvgIpc) is 2.52. The van der Waals surface area contributed by atoms with E-state index >= 15 is 0 Å². The van der Waals surface area contributed by atoms with Crippen molar-refractivity contribution in [3.8, 4) is 5.88 Å². The van der Waals surface area contributed by atoms with E-state index in [0.29, 0.717) is 6.04 Å². The lowest BCUT2D eigenvalue weighted by Crippen LogP contribution is -2.43. The topological polar surface area (TPSA) is 61.0 Å². The molecule has 1 saturated carbocycles. The lowest BCUT2D eigenvalue weighted by atomic mass is 9.90. The predicted octanol–water partition coefficient (Wildman–Crippen LogP) is 1.61. The molecule has 17 heavy (non-hydrogen) atoms. The number of fused-ring (bicyclic) bond motifs is 1. The van der Waals surface area contributed by atoms with E-state index in [1.165, 1.54) is 30.5 Å². The Balaban J connectivity index is 1.79. The highest BCUT2D eigenvalue weighted by molar-refractivity contribution is 5.31. The Morgan fingerprint density at radius 2 is 1.94 bits per heavy atom. The van der Waals surface area contributed by atoms with Crippen molar-refractivity contribution in [2.75, 3.05) is 0 Å². The molecular weight excluding hydrogens is 214 g/mol. The summed E-state index contributed by atoms with van der Waals surface area (Å²) in [7, 11) is 0. The van der Waals surface area contributed by atoms with Gasteiger partial charge in [-0.2, -0.15) is 0 Å². The molecule has 0 atom stereocenters. The summed E-state index contributed by atoms with van der Waals surface area (Å²) in [5.74, 6) is 0.814. The molecule has 0 amide bonds. The molecule has 3 rings (SSSR count). The molecular formula is C13H19N3O. The fourth-order valence-corrected chi connectivity index (χ4v) is 2.63. The van der Waals surface area contributed by atoms with Crippen LogP contribution in [0.25, 0.3) is 0 Å². The van der Waals surface area contributed by atoms with E-state index < -0.39 is 0 Å². The molecule has 0 aliphatic heterocycles. The van der Waals surface area contributed by atoms with Gasteiger partial charge in [-0.1, -0.05) is 6.42 Å². The number of hydrogen-bond acceptors (Lipinski definition) is 4. The van der Waals surface area contributed by atoms with Crippen LogP contribution in [-0.4, -0.2) is 22.1 Å². The minimum absolute atomic E-state index is 0.271. The van der Waals surface area contributed by atoms with Crippen molar-refractivity contribution in [1.29, 1.82) is 0 Å². The Bertz CT molecular complexity index is 402. The summed E-state index contributed by atoms with van der Waals surface area (Å²) in [5, 5.41) is 0. The van der Waals surface area contributed by atoms with E-state index in [2.05, 4.69) is 9.97 Å². The lowest BCUT2D eigenvalue weighted by molar-refractivity contribution is 0.0943. The molecule has 0 spiro atoms. The molecule has 0 aromatic carbocycles. The normalized spacial score (nSPS) is 27.8. The lowest BCUT2D eigenvalue weighted by Gasteiger charge is -2.32. The zero-order valence-electron chi connectivity index (χ0n) is 10.1. The number of rotatable bonds is 2. The van der Waals surface area contributed by atoms with E-state index in [0.717, 1.165) is 31.6 Å². The van der Waals surface area contributed by atoms with E-state index in [1.54, 1.807) is 6.33 Å². The number of nitrogens with zero attached hydrogens (tertiary/aromatic N) is 2. The molecule has 92 valence electrons. The highest BCUT2D eigenvalue weighted by Crippen LogP contribution is 2.29. The minimum Gasteiger partial charge on any atom is -0.474 e. The zero-order valence-corrected chi connectivity index (χ0v) is 10.1. The summed E-state index contributed by atoms with van der Waals surface area (Å²) in [6.45, 7) is 0. The largest absolute Gasteiger partial charge is 0.474 e. The standard InChI is InChI=1S/C13H19N3O/c14-9-6-10(7-9)17-13-11-4-2-1-3-5-12(11)15-8-16-13/h8-10H,1-7,14H2. The second kappa shape index (κ2) is 4.61. The second-order valence-corrected chi connectivity index (χ2v) is 5.14. The number of aryl methyl sites for hydroxylation is 1. The first-order chi connectivity index (χ1) is 8.33. The van der Waals surface area contributed by atoms with Crippen molar-refractivity contribution in [2.24, 2.45) is 5.73 Å². The maximum absolute atomic E-state index is 5.94. The van der Waals surface area contributed by atoms with Gasteiger partial charge in [-0.05, 0) is 38.5 Å². The van der Waals surface area contributed by atoms with E-state index in [9.17, 15) is 0 Å². The molecule has 1 fully saturated rings. The van der Waals surface area contributed by atoms with Gasteiger partial charge in [0.05, 0.1) is 5.69 Å². The molecule has 0 radical (unpaired) electrons. The van der Waals surface area contributed by atoms with E-state index in [1.807, 2.05) is 0 Å². The Hall–Kier alpha value is -1.16. The number of hydrogen-bond donors (Lipinski definition) is 1. The van der Waals surface area contributed by atoms with Crippen LogP contribution in [0.2, 0.25) is 0 Å². The van der Waals surface area contributed by atoms with E-state index in [4.69, 9.17) is 10.5 Å². The van der Waals surface area contributed by atoms with Crippen LogP contribution in [0.1, 0.15) is 43.4 Å². The smallest absolute Gasteiger partial charge is 0.220 e. The Kier molecular flexibility index (Phi) is 2.97. The van der Waals surface area contributed by atoms with Crippen molar-refractivity contribution >= 4 is 0 Å². The zero-order chi connectivity index (χ0) is 11.7. The summed E-state index contributed by atoms with van der Waals surface area (Å²) in [4.78, 5) is 8.70. The molecule has 0 bridgehead atoms.